The zero-order chi connectivity index (χ0) is 25.2. The van der Waals surface area contributed by atoms with Crippen molar-refractivity contribution in [2.45, 2.75) is 31.1 Å². The number of aryl methyl sites for hydroxylation is 1. The van der Waals surface area contributed by atoms with Crippen LogP contribution in [0.1, 0.15) is 25.3 Å². The molecule has 3 aromatic rings. The fourth-order valence-corrected chi connectivity index (χ4v) is 4.64. The Kier molecular flexibility index (Phi) is 10.2. The van der Waals surface area contributed by atoms with Gasteiger partial charge in [0.15, 0.2) is 0 Å². The molecule has 9 heteroatoms. The smallest absolute Gasteiger partial charge is 0.310 e. The highest BCUT2D eigenvalue weighted by molar-refractivity contribution is 7.99. The average molecular weight is 507 g/mol. The number of nitrogens with zero attached hydrogens (tertiary/aromatic N) is 1. The van der Waals surface area contributed by atoms with Gasteiger partial charge in [0, 0.05) is 29.1 Å². The first-order chi connectivity index (χ1) is 16.9. The number of benzene rings is 2. The first-order valence-corrected chi connectivity index (χ1v) is 12.5. The molecule has 1 unspecified atom stereocenters. The van der Waals surface area contributed by atoms with E-state index < -0.39 is 23.4 Å². The number of fused-ring (bicyclic) bond motifs is 1. The number of carbonyl (C=O) groups excluding carboxylic acids is 1. The number of esters is 1. The largest absolute Gasteiger partial charge is 0.497 e. The predicted octanol–water partition coefficient (Wildman–Crippen LogP) is 5.54. The molecule has 0 saturated carbocycles. The molecule has 3 rings (SSSR count). The first-order valence-electron chi connectivity index (χ1n) is 11.5. The number of pyridine rings is 1. The van der Waals surface area contributed by atoms with Gasteiger partial charge in [-0.05, 0) is 68.1 Å². The Morgan fingerprint density at radius 2 is 1.97 bits per heavy atom. The second-order valence-corrected chi connectivity index (χ2v) is 9.07. The molecule has 1 atom stereocenters. The molecule has 0 saturated heterocycles. The summed E-state index contributed by atoms with van der Waals surface area (Å²) in [5.74, 6) is -0.933. The summed E-state index contributed by atoms with van der Waals surface area (Å²) in [4.78, 5) is 16.8. The van der Waals surface area contributed by atoms with Gasteiger partial charge >= 0.3 is 5.97 Å². The second kappa shape index (κ2) is 13.3. The van der Waals surface area contributed by atoms with Gasteiger partial charge in [-0.15, -0.1) is 11.8 Å². The highest BCUT2D eigenvalue weighted by atomic mass is 32.2. The highest BCUT2D eigenvalue weighted by Crippen LogP contribution is 2.26. The molecule has 0 spiro atoms. The van der Waals surface area contributed by atoms with Gasteiger partial charge in [0.05, 0.1) is 31.3 Å². The van der Waals surface area contributed by atoms with Crippen LogP contribution in [0.3, 0.4) is 0 Å². The molecule has 0 aliphatic rings. The molecule has 35 heavy (non-hydrogen) atoms. The summed E-state index contributed by atoms with van der Waals surface area (Å²) < 4.78 is 52.1. The summed E-state index contributed by atoms with van der Waals surface area (Å²) in [7, 11) is 1.55. The van der Waals surface area contributed by atoms with E-state index in [-0.39, 0.29) is 17.5 Å². The molecule has 0 amide bonds. The fourth-order valence-electron chi connectivity index (χ4n) is 3.77. The van der Waals surface area contributed by atoms with Crippen molar-refractivity contribution in [2.24, 2.45) is 5.92 Å². The Labute approximate surface area is 207 Å². The van der Waals surface area contributed by atoms with Crippen molar-refractivity contribution >= 4 is 28.6 Å². The third kappa shape index (κ3) is 7.60. The minimum atomic E-state index is -0.485. The highest BCUT2D eigenvalue weighted by Gasteiger charge is 2.20. The Hall–Kier alpha value is -2.78. The number of carbonyl (C=O) groups is 1. The van der Waals surface area contributed by atoms with Crippen molar-refractivity contribution in [2.75, 3.05) is 32.6 Å². The molecule has 0 bridgehead atoms. The molecular formula is C26H29F3N2O3S. The van der Waals surface area contributed by atoms with E-state index in [2.05, 4.69) is 10.3 Å². The zero-order valence-corrected chi connectivity index (χ0v) is 20.6. The van der Waals surface area contributed by atoms with Crippen LogP contribution in [-0.2, 0) is 16.0 Å². The Balaban J connectivity index is 1.55. The van der Waals surface area contributed by atoms with Gasteiger partial charge in [-0.1, -0.05) is 0 Å². The molecular weight excluding hydrogens is 477 g/mol. The number of rotatable bonds is 13. The monoisotopic (exact) mass is 506 g/mol. The molecule has 1 N–H and O–H groups in total. The van der Waals surface area contributed by atoms with Crippen LogP contribution in [0.4, 0.5) is 13.2 Å². The first kappa shape index (κ1) is 26.8. The molecule has 5 nitrogen and oxygen atoms in total. The molecule has 0 fully saturated rings. The summed E-state index contributed by atoms with van der Waals surface area (Å²) in [5.41, 5.74) is 1.22. The molecule has 0 aliphatic carbocycles. The third-order valence-corrected chi connectivity index (χ3v) is 6.59. The molecule has 1 heterocycles. The van der Waals surface area contributed by atoms with Crippen LogP contribution in [0, 0.1) is 23.4 Å². The van der Waals surface area contributed by atoms with Crippen LogP contribution < -0.4 is 10.1 Å². The molecule has 0 radical (unpaired) electrons. The number of thioether (sulfide) groups is 1. The lowest BCUT2D eigenvalue weighted by Gasteiger charge is -2.17. The van der Waals surface area contributed by atoms with Crippen LogP contribution in [0.15, 0.2) is 47.5 Å². The average Bonchev–Trinajstić information content (AvgIpc) is 2.85. The van der Waals surface area contributed by atoms with E-state index in [1.165, 1.54) is 24.0 Å². The van der Waals surface area contributed by atoms with Crippen molar-refractivity contribution in [3.05, 3.63) is 65.6 Å². The van der Waals surface area contributed by atoms with Crippen molar-refractivity contribution in [3.8, 4) is 5.75 Å². The minimum absolute atomic E-state index is 0.247. The summed E-state index contributed by atoms with van der Waals surface area (Å²) in [6.45, 7) is 2.89. The van der Waals surface area contributed by atoms with E-state index in [0.717, 1.165) is 12.1 Å². The number of hydrogen-bond acceptors (Lipinski definition) is 6. The second-order valence-electron chi connectivity index (χ2n) is 7.94. The normalized spacial score (nSPS) is 12.0. The van der Waals surface area contributed by atoms with E-state index in [1.807, 2.05) is 0 Å². The lowest BCUT2D eigenvalue weighted by atomic mass is 9.97. The fraction of sp³-hybridized carbons (Fsp3) is 0.385. The number of aromatic nitrogens is 1. The number of ether oxygens (including phenoxy) is 2. The third-order valence-electron chi connectivity index (χ3n) is 5.55. The molecule has 2 aromatic carbocycles. The van der Waals surface area contributed by atoms with Gasteiger partial charge in [-0.2, -0.15) is 0 Å². The number of nitrogens with one attached hydrogen (secondary N) is 1. The quantitative estimate of drug-likeness (QED) is 0.187. The van der Waals surface area contributed by atoms with E-state index in [9.17, 15) is 18.0 Å². The van der Waals surface area contributed by atoms with Gasteiger partial charge in [-0.25, -0.2) is 13.2 Å². The predicted molar refractivity (Wildman–Crippen MR) is 131 cm³/mol. The molecule has 188 valence electrons. The minimum Gasteiger partial charge on any atom is -0.497 e. The van der Waals surface area contributed by atoms with Gasteiger partial charge in [0.2, 0.25) is 0 Å². The van der Waals surface area contributed by atoms with E-state index >= 15 is 0 Å². The Morgan fingerprint density at radius 1 is 1.14 bits per heavy atom. The van der Waals surface area contributed by atoms with Crippen LogP contribution in [-0.4, -0.2) is 43.5 Å². The summed E-state index contributed by atoms with van der Waals surface area (Å²) in [6, 6.07) is 8.69. The van der Waals surface area contributed by atoms with Crippen molar-refractivity contribution in [1.29, 1.82) is 0 Å². The maximum absolute atomic E-state index is 14.6. The van der Waals surface area contributed by atoms with Crippen LogP contribution >= 0.6 is 11.8 Å². The molecule has 1 aromatic heterocycles. The Bertz CT molecular complexity index is 1150. The Morgan fingerprint density at radius 3 is 2.74 bits per heavy atom. The molecule has 0 aliphatic heterocycles. The van der Waals surface area contributed by atoms with Crippen molar-refractivity contribution < 1.29 is 27.4 Å². The number of halogens is 3. The lowest BCUT2D eigenvalue weighted by Crippen LogP contribution is -2.31. The van der Waals surface area contributed by atoms with Crippen LogP contribution in [0.2, 0.25) is 0 Å². The lowest BCUT2D eigenvalue weighted by molar-refractivity contribution is -0.148. The summed E-state index contributed by atoms with van der Waals surface area (Å²) >= 11 is 1.20. The van der Waals surface area contributed by atoms with E-state index in [1.54, 1.807) is 32.2 Å². The number of methoxy groups -OCH3 is 1. The van der Waals surface area contributed by atoms with Crippen molar-refractivity contribution in [3.63, 3.8) is 0 Å². The van der Waals surface area contributed by atoms with Gasteiger partial charge in [-0.3, -0.25) is 9.78 Å². The SMILES string of the molecule is CCOC(=O)C(CCCc1c(F)cnc2ccc(OC)cc12)CNCCSc1cc(F)ccc1F. The van der Waals surface area contributed by atoms with E-state index in [4.69, 9.17) is 9.47 Å². The summed E-state index contributed by atoms with van der Waals surface area (Å²) in [5, 5.41) is 3.89. The zero-order valence-electron chi connectivity index (χ0n) is 19.8. The number of hydrogen-bond donors (Lipinski definition) is 1. The standard InChI is InChI=1S/C26H29F3N2O3S/c1-3-34-26(32)17(15-30-11-12-35-25-13-18(27)7-9-22(25)28)5-4-6-20-21-14-19(33-2)8-10-24(21)31-16-23(20)29/h7-10,13-14,16-17,30H,3-6,11-12,15H2,1-2H3. The van der Waals surface area contributed by atoms with Crippen LogP contribution in [0.5, 0.6) is 5.75 Å². The van der Waals surface area contributed by atoms with Gasteiger partial charge < -0.3 is 14.8 Å². The van der Waals surface area contributed by atoms with Crippen molar-refractivity contribution in [1.82, 2.24) is 10.3 Å². The van der Waals surface area contributed by atoms with Gasteiger partial charge in [0.25, 0.3) is 0 Å². The maximum Gasteiger partial charge on any atom is 0.310 e. The topological polar surface area (TPSA) is 60.5 Å². The van der Waals surface area contributed by atoms with Gasteiger partial charge in [0.1, 0.15) is 23.2 Å². The summed E-state index contributed by atoms with van der Waals surface area (Å²) in [6.07, 6.45) is 2.72. The van der Waals surface area contributed by atoms with E-state index in [0.29, 0.717) is 60.3 Å². The maximum atomic E-state index is 14.6. The van der Waals surface area contributed by atoms with Crippen LogP contribution in [0.25, 0.3) is 10.9 Å².